The third-order valence-electron chi connectivity index (χ3n) is 4.39. The zero-order chi connectivity index (χ0) is 15.5. The predicted molar refractivity (Wildman–Crippen MR) is 84.7 cm³/mol. The van der Waals surface area contributed by atoms with Crippen molar-refractivity contribution in [2.75, 3.05) is 0 Å². The largest absolute Gasteiger partial charge is 0.277 e. The highest BCUT2D eigenvalue weighted by atomic mass is 35.5. The maximum absolute atomic E-state index is 12.3. The smallest absolute Gasteiger partial charge is 0.234 e. The zero-order valence-electron chi connectivity index (χ0n) is 11.9. The normalized spacial score (nSPS) is 26.0. The minimum absolute atomic E-state index is 0.0669. The van der Waals surface area contributed by atoms with Crippen molar-refractivity contribution in [2.24, 2.45) is 22.2 Å². The van der Waals surface area contributed by atoms with Gasteiger partial charge in [0.15, 0.2) is 0 Å². The van der Waals surface area contributed by atoms with E-state index in [9.17, 15) is 9.59 Å². The molecule has 1 aromatic rings. The van der Waals surface area contributed by atoms with Crippen LogP contribution in [0.5, 0.6) is 0 Å². The molecule has 21 heavy (non-hydrogen) atoms. The van der Waals surface area contributed by atoms with E-state index in [0.717, 1.165) is 9.75 Å². The van der Waals surface area contributed by atoms with Crippen molar-refractivity contribution in [3.8, 4) is 0 Å². The van der Waals surface area contributed by atoms with E-state index < -0.39 is 0 Å². The van der Waals surface area contributed by atoms with Gasteiger partial charge in [0.05, 0.1) is 34.0 Å². The third-order valence-corrected chi connectivity index (χ3v) is 5.86. The minimum Gasteiger partial charge on any atom is -0.277 e. The van der Waals surface area contributed by atoms with Crippen molar-refractivity contribution in [1.29, 1.82) is 0 Å². The average Bonchev–Trinajstić information content (AvgIpc) is 2.72. The van der Waals surface area contributed by atoms with Crippen LogP contribution in [0.1, 0.15) is 23.6 Å². The number of rotatable bonds is 4. The molecule has 1 aromatic heterocycles. The van der Waals surface area contributed by atoms with Gasteiger partial charge in [0, 0.05) is 4.88 Å². The number of halogens is 1. The van der Waals surface area contributed by atoms with Crippen molar-refractivity contribution in [1.82, 2.24) is 4.90 Å². The van der Waals surface area contributed by atoms with Gasteiger partial charge in [-0.05, 0) is 18.2 Å². The number of carbonyl (C=O) groups is 2. The molecule has 110 valence electrons. The van der Waals surface area contributed by atoms with E-state index in [2.05, 4.69) is 18.3 Å². The van der Waals surface area contributed by atoms with Crippen LogP contribution in [0.2, 0.25) is 0 Å². The van der Waals surface area contributed by atoms with Gasteiger partial charge in [-0.1, -0.05) is 32.0 Å². The summed E-state index contributed by atoms with van der Waals surface area (Å²) >= 11 is 7.31. The van der Waals surface area contributed by atoms with Gasteiger partial charge >= 0.3 is 0 Å². The summed E-state index contributed by atoms with van der Waals surface area (Å²) in [6.45, 7) is 11.4. The molecule has 2 amide bonds. The number of hydrogen-bond donors (Lipinski definition) is 0. The first-order chi connectivity index (χ1) is 9.78. The van der Waals surface area contributed by atoms with Crippen LogP contribution in [0.3, 0.4) is 0 Å². The Hall–Kier alpha value is -1.46. The second kappa shape index (κ2) is 4.52. The lowest BCUT2D eigenvalue weighted by Crippen LogP contribution is -2.35. The van der Waals surface area contributed by atoms with Crippen LogP contribution in [0, 0.1) is 17.3 Å². The van der Waals surface area contributed by atoms with Crippen molar-refractivity contribution in [2.45, 2.75) is 20.4 Å². The van der Waals surface area contributed by atoms with Crippen LogP contribution in [-0.4, -0.2) is 23.4 Å². The number of likely N-dealkylation sites (tertiary alicyclic amines) is 1. The molecule has 4 nitrogen and oxygen atoms in total. The van der Waals surface area contributed by atoms with Crippen LogP contribution in [0.4, 0.5) is 5.69 Å². The summed E-state index contributed by atoms with van der Waals surface area (Å²) in [4.78, 5) is 31.4. The summed E-state index contributed by atoms with van der Waals surface area (Å²) in [6, 6.07) is 1.80. The molecule has 2 fully saturated rings. The summed E-state index contributed by atoms with van der Waals surface area (Å²) in [6.07, 6.45) is 0. The van der Waals surface area contributed by atoms with E-state index >= 15 is 0 Å². The van der Waals surface area contributed by atoms with Gasteiger partial charge in [0.2, 0.25) is 11.8 Å². The number of hydrogen-bond acceptors (Lipinski definition) is 4. The van der Waals surface area contributed by atoms with Crippen molar-refractivity contribution in [3.05, 3.63) is 22.4 Å². The van der Waals surface area contributed by atoms with Crippen LogP contribution < -0.4 is 0 Å². The Morgan fingerprint density at radius 1 is 1.43 bits per heavy atom. The molecule has 3 rings (SSSR count). The van der Waals surface area contributed by atoms with Crippen LogP contribution >= 0.6 is 22.9 Å². The Bertz CT molecular complexity index is 668. The third kappa shape index (κ3) is 1.99. The number of imide groups is 1. The highest BCUT2D eigenvalue weighted by Crippen LogP contribution is 2.63. The molecule has 2 unspecified atom stereocenters. The molecule has 1 aliphatic heterocycles. The van der Waals surface area contributed by atoms with Crippen LogP contribution in [0.25, 0.3) is 5.03 Å². The Labute approximate surface area is 132 Å². The fraction of sp³-hybridized carbons (Fsp3) is 0.400. The lowest BCUT2D eigenvalue weighted by molar-refractivity contribution is -0.143. The molecule has 1 saturated heterocycles. The Morgan fingerprint density at radius 2 is 2.00 bits per heavy atom. The molecule has 6 heteroatoms. The molecule has 0 bridgehead atoms. The van der Waals surface area contributed by atoms with E-state index in [4.69, 9.17) is 11.6 Å². The molecule has 0 N–H and O–H groups in total. The number of carbonyl (C=O) groups excluding carboxylic acids is 2. The molecule has 1 saturated carbocycles. The number of aliphatic imine (C=N–C) groups is 1. The van der Waals surface area contributed by atoms with Gasteiger partial charge in [0.25, 0.3) is 0 Å². The summed E-state index contributed by atoms with van der Waals surface area (Å²) in [5.41, 5.74) is 0.461. The maximum atomic E-state index is 12.3. The quantitative estimate of drug-likeness (QED) is 0.630. The second-order valence-electron chi connectivity index (χ2n) is 6.03. The standard InChI is InChI=1S/C15H15ClN2O2S/c1-7(16)12-9(17-4)5-8(21-12)6-18-13(19)10-11(14(18)20)15(10,2)3/h5,10-11H,1,4,6H2,2-3H3. The number of amides is 2. The predicted octanol–water partition coefficient (Wildman–Crippen LogP) is 3.43. The number of fused-ring (bicyclic) bond motifs is 1. The molecule has 0 aromatic carbocycles. The van der Waals surface area contributed by atoms with Gasteiger partial charge in [0.1, 0.15) is 0 Å². The zero-order valence-corrected chi connectivity index (χ0v) is 13.4. The van der Waals surface area contributed by atoms with Gasteiger partial charge in [-0.15, -0.1) is 11.3 Å². The van der Waals surface area contributed by atoms with E-state index in [0.29, 0.717) is 10.7 Å². The van der Waals surface area contributed by atoms with Crippen molar-refractivity contribution >= 4 is 52.2 Å². The lowest BCUT2D eigenvalue weighted by Gasteiger charge is -2.19. The molecule has 2 aliphatic rings. The SMILES string of the molecule is C=Nc1cc(CN2C(=O)C3C(C2=O)C3(C)C)sc1C(=C)Cl. The maximum Gasteiger partial charge on any atom is 0.234 e. The molecule has 2 heterocycles. The number of nitrogens with zero attached hydrogens (tertiary/aromatic N) is 2. The van der Waals surface area contributed by atoms with E-state index in [1.165, 1.54) is 16.2 Å². The van der Waals surface area contributed by atoms with Gasteiger partial charge in [-0.2, -0.15) is 0 Å². The highest BCUT2D eigenvalue weighted by molar-refractivity contribution is 7.14. The number of piperidine rings is 1. The van der Waals surface area contributed by atoms with Gasteiger partial charge in [-0.25, -0.2) is 0 Å². The van der Waals surface area contributed by atoms with Crippen LogP contribution in [0.15, 0.2) is 17.6 Å². The fourth-order valence-corrected chi connectivity index (χ4v) is 4.31. The number of thiophene rings is 1. The summed E-state index contributed by atoms with van der Waals surface area (Å²) in [5, 5.41) is 0.386. The first-order valence-corrected chi connectivity index (χ1v) is 7.78. The molecule has 1 aliphatic carbocycles. The van der Waals surface area contributed by atoms with Crippen molar-refractivity contribution < 1.29 is 9.59 Å². The van der Waals surface area contributed by atoms with Gasteiger partial charge < -0.3 is 0 Å². The first kappa shape index (κ1) is 14.5. The monoisotopic (exact) mass is 322 g/mol. The fourth-order valence-electron chi connectivity index (χ4n) is 3.14. The van der Waals surface area contributed by atoms with E-state index in [1.807, 2.05) is 13.8 Å². The van der Waals surface area contributed by atoms with Crippen LogP contribution in [-0.2, 0) is 16.1 Å². The summed E-state index contributed by atoms with van der Waals surface area (Å²) in [5.74, 6) is -0.431. The molecule has 0 spiro atoms. The highest BCUT2D eigenvalue weighted by Gasteiger charge is 2.72. The summed E-state index contributed by atoms with van der Waals surface area (Å²) in [7, 11) is 0. The van der Waals surface area contributed by atoms with E-state index in [1.54, 1.807) is 6.07 Å². The Kier molecular flexibility index (Phi) is 3.11. The second-order valence-corrected chi connectivity index (χ2v) is 7.62. The minimum atomic E-state index is -0.177. The molecule has 2 atom stereocenters. The lowest BCUT2D eigenvalue weighted by atomic mass is 10.1. The molecular formula is C15H15ClN2O2S. The first-order valence-electron chi connectivity index (χ1n) is 6.58. The van der Waals surface area contributed by atoms with Gasteiger partial charge in [-0.3, -0.25) is 19.5 Å². The Balaban J connectivity index is 1.83. The molecular weight excluding hydrogens is 308 g/mol. The topological polar surface area (TPSA) is 49.7 Å². The Morgan fingerprint density at radius 3 is 2.43 bits per heavy atom. The van der Waals surface area contributed by atoms with Crippen molar-refractivity contribution in [3.63, 3.8) is 0 Å². The molecule has 0 radical (unpaired) electrons. The summed E-state index contributed by atoms with van der Waals surface area (Å²) < 4.78 is 0. The average molecular weight is 323 g/mol. The van der Waals surface area contributed by atoms with E-state index in [-0.39, 0.29) is 35.6 Å².